The molecule has 5 N–H and O–H groups in total. The SMILES string of the molecule is CCCCCCCC/C=C\CCCCCC(=O)OCC(O)COP(=O)(O)OCC(O)COP(=O)(O)OCC(O)COC(=O)CCCCCCCCCCCCCCCCCCCCCCC. The summed E-state index contributed by atoms with van der Waals surface area (Å²) in [7, 11) is -9.57. The molecule has 5 atom stereocenters. The smallest absolute Gasteiger partial charge is 0.463 e. The van der Waals surface area contributed by atoms with Crippen LogP contribution in [-0.2, 0) is 46.3 Å². The first-order chi connectivity index (χ1) is 31.8. The van der Waals surface area contributed by atoms with Crippen molar-refractivity contribution in [2.45, 2.75) is 250 Å². The van der Waals surface area contributed by atoms with Gasteiger partial charge in [-0.05, 0) is 38.5 Å². The molecule has 0 spiro atoms. The van der Waals surface area contributed by atoms with Gasteiger partial charge in [-0.3, -0.25) is 27.7 Å². The molecule has 0 saturated carbocycles. The van der Waals surface area contributed by atoms with E-state index in [1.165, 1.54) is 148 Å². The minimum absolute atomic E-state index is 0.179. The van der Waals surface area contributed by atoms with Crippen LogP contribution in [0.15, 0.2) is 12.2 Å². The molecule has 0 rings (SSSR count). The maximum atomic E-state index is 12.2. The Balaban J connectivity index is 3.82. The fourth-order valence-corrected chi connectivity index (χ4v) is 8.74. The van der Waals surface area contributed by atoms with Gasteiger partial charge in [-0.25, -0.2) is 9.13 Å². The van der Waals surface area contributed by atoms with Crippen LogP contribution in [0.3, 0.4) is 0 Å². The van der Waals surface area contributed by atoms with E-state index >= 15 is 0 Å². The number of hydrogen-bond donors (Lipinski definition) is 5. The molecule has 17 heteroatoms. The average molecular weight is 987 g/mol. The summed E-state index contributed by atoms with van der Waals surface area (Å²) in [6.07, 6.45) is 39.2. The van der Waals surface area contributed by atoms with Crippen molar-refractivity contribution in [1.29, 1.82) is 0 Å². The Bertz CT molecular complexity index is 1240. The zero-order valence-corrected chi connectivity index (χ0v) is 43.2. The number of carbonyl (C=O) groups excluding carboxylic acids is 2. The van der Waals surface area contributed by atoms with Gasteiger partial charge in [0.05, 0.1) is 26.4 Å². The van der Waals surface area contributed by atoms with Crippen LogP contribution in [0.2, 0.25) is 0 Å². The quantitative estimate of drug-likeness (QED) is 0.0165. The number of phosphoric acid groups is 2. The lowest BCUT2D eigenvalue weighted by atomic mass is 10.0. The standard InChI is InChI=1S/C49H96O15P2/c1-3-5-7-9-11-13-15-17-18-19-20-21-22-23-24-26-28-30-32-34-36-38-49(54)60-40-46(51)42-62-66(57,58)64-44-47(52)43-63-65(55,56)61-41-45(50)39-59-48(53)37-35-33-31-29-27-25-16-14-12-10-8-6-4-2/h25,27,45-47,50-52H,3-24,26,28-44H2,1-2H3,(H,55,56)(H,57,58)/b27-25-. The highest BCUT2D eigenvalue weighted by atomic mass is 31.2. The zero-order valence-electron chi connectivity index (χ0n) is 41.4. The number of carbonyl (C=O) groups is 2. The molecule has 5 unspecified atom stereocenters. The number of allylic oxidation sites excluding steroid dienone is 2. The van der Waals surface area contributed by atoms with E-state index in [1.807, 2.05) is 0 Å². The van der Waals surface area contributed by atoms with E-state index in [2.05, 4.69) is 39.6 Å². The van der Waals surface area contributed by atoms with Crippen LogP contribution in [-0.4, -0.2) is 95.0 Å². The van der Waals surface area contributed by atoms with Crippen LogP contribution in [0.4, 0.5) is 0 Å². The predicted octanol–water partition coefficient (Wildman–Crippen LogP) is 12.3. The molecule has 0 aromatic heterocycles. The van der Waals surface area contributed by atoms with E-state index in [9.17, 15) is 43.8 Å². The summed E-state index contributed by atoms with van der Waals surface area (Å²) < 4.78 is 53.0. The van der Waals surface area contributed by atoms with Gasteiger partial charge in [-0.2, -0.15) is 0 Å². The molecule has 392 valence electrons. The molecule has 0 aromatic carbocycles. The van der Waals surface area contributed by atoms with E-state index in [-0.39, 0.29) is 12.8 Å². The summed E-state index contributed by atoms with van der Waals surface area (Å²) in [5.41, 5.74) is 0. The highest BCUT2D eigenvalue weighted by molar-refractivity contribution is 7.47. The fourth-order valence-electron chi connectivity index (χ4n) is 7.15. The molecule has 0 aromatic rings. The molecule has 66 heavy (non-hydrogen) atoms. The van der Waals surface area contributed by atoms with E-state index < -0.39 is 85.5 Å². The maximum absolute atomic E-state index is 12.2. The van der Waals surface area contributed by atoms with Gasteiger partial charge in [0.1, 0.15) is 31.5 Å². The van der Waals surface area contributed by atoms with Gasteiger partial charge in [0, 0.05) is 12.8 Å². The summed E-state index contributed by atoms with van der Waals surface area (Å²) in [6, 6.07) is 0. The first kappa shape index (κ1) is 64.8. The molecule has 15 nitrogen and oxygen atoms in total. The van der Waals surface area contributed by atoms with Gasteiger partial charge in [0.15, 0.2) is 0 Å². The third kappa shape index (κ3) is 47.8. The number of ether oxygens (including phenoxy) is 2. The molecular weight excluding hydrogens is 890 g/mol. The minimum Gasteiger partial charge on any atom is -0.463 e. The Labute approximate surface area is 400 Å². The Morgan fingerprint density at radius 1 is 0.379 bits per heavy atom. The molecule has 0 radical (unpaired) electrons. The van der Waals surface area contributed by atoms with Crippen molar-refractivity contribution < 1.29 is 71.4 Å². The number of aliphatic hydroxyl groups excluding tert-OH is 3. The summed E-state index contributed by atoms with van der Waals surface area (Å²) in [5.74, 6) is -1.00. The molecule has 0 aliphatic carbocycles. The van der Waals surface area contributed by atoms with Crippen molar-refractivity contribution in [3.05, 3.63) is 12.2 Å². The largest absolute Gasteiger partial charge is 0.472 e. The Morgan fingerprint density at radius 2 is 0.606 bits per heavy atom. The molecule has 0 saturated heterocycles. The van der Waals surface area contributed by atoms with E-state index in [0.717, 1.165) is 44.9 Å². The predicted molar refractivity (Wildman–Crippen MR) is 261 cm³/mol. The van der Waals surface area contributed by atoms with Crippen LogP contribution < -0.4 is 0 Å². The monoisotopic (exact) mass is 987 g/mol. The molecule has 0 aliphatic rings. The van der Waals surface area contributed by atoms with Crippen LogP contribution in [0.25, 0.3) is 0 Å². The van der Waals surface area contributed by atoms with Crippen molar-refractivity contribution in [2.75, 3.05) is 39.6 Å². The number of aliphatic hydroxyl groups is 3. The second-order valence-corrected chi connectivity index (χ2v) is 20.8. The van der Waals surface area contributed by atoms with Crippen LogP contribution in [0.5, 0.6) is 0 Å². The molecule has 0 bridgehead atoms. The normalized spacial score (nSPS) is 15.1. The number of unbranched alkanes of at least 4 members (excludes halogenated alkanes) is 29. The highest BCUT2D eigenvalue weighted by Crippen LogP contribution is 2.45. The third-order valence-corrected chi connectivity index (χ3v) is 13.1. The van der Waals surface area contributed by atoms with E-state index in [1.54, 1.807) is 0 Å². The van der Waals surface area contributed by atoms with Crippen molar-refractivity contribution in [1.82, 2.24) is 0 Å². The minimum atomic E-state index is -4.78. The fraction of sp³-hybridized carbons (Fsp3) is 0.918. The van der Waals surface area contributed by atoms with Crippen LogP contribution >= 0.6 is 15.6 Å². The lowest BCUT2D eigenvalue weighted by Crippen LogP contribution is -2.25. The lowest BCUT2D eigenvalue weighted by molar-refractivity contribution is -0.148. The van der Waals surface area contributed by atoms with Gasteiger partial charge in [-0.15, -0.1) is 0 Å². The van der Waals surface area contributed by atoms with Crippen LogP contribution in [0.1, 0.15) is 232 Å². The van der Waals surface area contributed by atoms with Crippen molar-refractivity contribution in [3.63, 3.8) is 0 Å². The van der Waals surface area contributed by atoms with Crippen molar-refractivity contribution in [3.8, 4) is 0 Å². The summed E-state index contributed by atoms with van der Waals surface area (Å²) >= 11 is 0. The number of hydrogen-bond acceptors (Lipinski definition) is 13. The van der Waals surface area contributed by atoms with Crippen molar-refractivity contribution >= 4 is 27.6 Å². The summed E-state index contributed by atoms with van der Waals surface area (Å²) in [6.45, 7) is 0.441. The third-order valence-electron chi connectivity index (χ3n) is 11.2. The number of rotatable bonds is 51. The van der Waals surface area contributed by atoms with E-state index in [4.69, 9.17) is 14.0 Å². The Morgan fingerprint density at radius 3 is 0.894 bits per heavy atom. The molecule has 0 amide bonds. The average Bonchev–Trinajstić information content (AvgIpc) is 3.29. The Kier molecular flexibility index (Phi) is 45.3. The first-order valence-electron chi connectivity index (χ1n) is 26.0. The number of phosphoric ester groups is 2. The molecule has 0 aliphatic heterocycles. The molecule has 0 fully saturated rings. The Hall–Kier alpha value is -1.22. The first-order valence-corrected chi connectivity index (χ1v) is 29.0. The molecular formula is C49H96O15P2. The molecule has 0 heterocycles. The second kappa shape index (κ2) is 46.2. The van der Waals surface area contributed by atoms with Crippen LogP contribution in [0, 0.1) is 0 Å². The van der Waals surface area contributed by atoms with Gasteiger partial charge >= 0.3 is 27.6 Å². The topological polar surface area (TPSA) is 225 Å². The summed E-state index contributed by atoms with van der Waals surface area (Å²) in [5, 5.41) is 30.0. The van der Waals surface area contributed by atoms with Gasteiger partial charge in [-0.1, -0.05) is 193 Å². The van der Waals surface area contributed by atoms with Gasteiger partial charge in [0.2, 0.25) is 0 Å². The van der Waals surface area contributed by atoms with Gasteiger partial charge in [0.25, 0.3) is 0 Å². The lowest BCUT2D eigenvalue weighted by Gasteiger charge is -2.19. The highest BCUT2D eigenvalue weighted by Gasteiger charge is 2.28. The number of esters is 2. The zero-order chi connectivity index (χ0) is 48.8. The van der Waals surface area contributed by atoms with E-state index in [0.29, 0.717) is 12.8 Å². The van der Waals surface area contributed by atoms with Crippen molar-refractivity contribution in [2.24, 2.45) is 0 Å². The maximum Gasteiger partial charge on any atom is 0.472 e. The second-order valence-electron chi connectivity index (χ2n) is 17.9. The summed E-state index contributed by atoms with van der Waals surface area (Å²) in [4.78, 5) is 43.8. The van der Waals surface area contributed by atoms with Gasteiger partial charge < -0.3 is 34.6 Å².